The number of nitrogens with one attached hydrogen (secondary N) is 1. The topological polar surface area (TPSA) is 95.9 Å². The van der Waals surface area contributed by atoms with Gasteiger partial charge >= 0.3 is 6.09 Å². The van der Waals surface area contributed by atoms with Crippen LogP contribution in [0, 0.1) is 0 Å². The van der Waals surface area contributed by atoms with Crippen molar-refractivity contribution < 1.29 is 24.5 Å². The van der Waals surface area contributed by atoms with E-state index in [4.69, 9.17) is 4.74 Å². The predicted molar refractivity (Wildman–Crippen MR) is 74.9 cm³/mol. The summed E-state index contributed by atoms with van der Waals surface area (Å²) in [4.78, 5) is 22.4. The Morgan fingerprint density at radius 3 is 2.65 bits per heavy atom. The molecule has 1 heterocycles. The van der Waals surface area contributed by atoms with Gasteiger partial charge in [-0.3, -0.25) is 4.79 Å². The highest BCUT2D eigenvalue weighted by molar-refractivity contribution is 7.11. The summed E-state index contributed by atoms with van der Waals surface area (Å²) in [6.07, 6.45) is -2.35. The number of carbonyl (C=O) groups excluding carboxylic acids is 2. The molecule has 0 bridgehead atoms. The molecule has 112 valence electrons. The Labute approximate surface area is 121 Å². The maximum Gasteiger partial charge on any atom is 0.407 e. The monoisotopic (exact) mass is 301 g/mol. The lowest BCUT2D eigenvalue weighted by atomic mass is 10.1. The maximum absolute atomic E-state index is 11.4. The van der Waals surface area contributed by atoms with Crippen LogP contribution in [0.3, 0.4) is 0 Å². The third-order valence-corrected chi connectivity index (χ3v) is 3.19. The third-order valence-electron chi connectivity index (χ3n) is 2.32. The van der Waals surface area contributed by atoms with Crippen LogP contribution in [0.25, 0.3) is 0 Å². The van der Waals surface area contributed by atoms with Crippen molar-refractivity contribution in [1.82, 2.24) is 5.32 Å². The van der Waals surface area contributed by atoms with E-state index in [0.717, 1.165) is 0 Å². The highest BCUT2D eigenvalue weighted by atomic mass is 32.1. The molecule has 1 aromatic rings. The van der Waals surface area contributed by atoms with Crippen molar-refractivity contribution >= 4 is 23.7 Å². The molecule has 0 saturated carbocycles. The van der Waals surface area contributed by atoms with E-state index in [-0.39, 0.29) is 6.54 Å². The van der Waals surface area contributed by atoms with Gasteiger partial charge in [0.05, 0.1) is 4.88 Å². The number of hydrogen-bond acceptors (Lipinski definition) is 6. The van der Waals surface area contributed by atoms with Gasteiger partial charge in [-0.15, -0.1) is 11.3 Å². The van der Waals surface area contributed by atoms with Gasteiger partial charge in [0.15, 0.2) is 6.29 Å². The van der Waals surface area contributed by atoms with Crippen molar-refractivity contribution in [3.8, 4) is 0 Å². The van der Waals surface area contributed by atoms with Crippen molar-refractivity contribution in [3.63, 3.8) is 0 Å². The lowest BCUT2D eigenvalue weighted by Crippen LogP contribution is -2.38. The molecule has 1 rings (SSSR count). The minimum absolute atomic E-state index is 0.150. The fraction of sp³-hybridized carbons (Fsp3) is 0.538. The van der Waals surface area contributed by atoms with Gasteiger partial charge in [-0.2, -0.15) is 0 Å². The second-order valence-electron chi connectivity index (χ2n) is 5.30. The van der Waals surface area contributed by atoms with E-state index in [1.54, 1.807) is 26.2 Å². The van der Waals surface area contributed by atoms with Crippen molar-refractivity contribution in [2.75, 3.05) is 6.54 Å². The molecule has 0 aliphatic carbocycles. The minimum atomic E-state index is -1.18. The molecule has 0 radical (unpaired) electrons. The Morgan fingerprint density at radius 1 is 1.50 bits per heavy atom. The van der Waals surface area contributed by atoms with Crippen LogP contribution >= 0.6 is 11.3 Å². The third kappa shape index (κ3) is 5.28. The number of hydrogen-bond donors (Lipinski definition) is 3. The van der Waals surface area contributed by atoms with Crippen LogP contribution in [0.5, 0.6) is 0 Å². The van der Waals surface area contributed by atoms with Crippen LogP contribution in [0.2, 0.25) is 0 Å². The maximum atomic E-state index is 11.4. The number of thiophene rings is 1. The normalized spacial score (nSPS) is 14.4. The quantitative estimate of drug-likeness (QED) is 0.716. The molecular formula is C13H19NO5S. The van der Waals surface area contributed by atoms with Crippen molar-refractivity contribution in [2.24, 2.45) is 0 Å². The molecule has 2 unspecified atom stereocenters. The summed E-state index contributed by atoms with van der Waals surface area (Å²) in [5, 5.41) is 23.6. The first-order chi connectivity index (χ1) is 9.23. The molecule has 3 N–H and O–H groups in total. The Bertz CT molecular complexity index is 466. The van der Waals surface area contributed by atoms with E-state index in [1.807, 2.05) is 0 Å². The summed E-state index contributed by atoms with van der Waals surface area (Å²) < 4.78 is 5.01. The average Bonchev–Trinajstić information content (AvgIpc) is 2.81. The molecular weight excluding hydrogens is 282 g/mol. The highest BCUT2D eigenvalue weighted by Gasteiger charge is 2.22. The zero-order chi connectivity index (χ0) is 15.3. The molecule has 6 nitrogen and oxygen atoms in total. The molecule has 20 heavy (non-hydrogen) atoms. The zero-order valence-corrected chi connectivity index (χ0v) is 12.4. The molecule has 1 amide bonds. The summed E-state index contributed by atoms with van der Waals surface area (Å²) in [7, 11) is 0. The van der Waals surface area contributed by atoms with E-state index in [2.05, 4.69) is 5.32 Å². The van der Waals surface area contributed by atoms with Crippen LogP contribution in [0.15, 0.2) is 11.4 Å². The standard InChI is InChI=1S/C13H19NO5S/c1-13(2,3)19-12(18)14-5-10(16)11(17)8-4-9(6-15)20-7-8/h4,6-7,10-11,16-17H,5H2,1-3H3,(H,14,18). The predicted octanol–water partition coefficient (Wildman–Crippen LogP) is 1.48. The molecule has 2 atom stereocenters. The number of aldehydes is 1. The SMILES string of the molecule is CC(C)(C)OC(=O)NCC(O)C(O)c1csc(C=O)c1. The first-order valence-electron chi connectivity index (χ1n) is 6.09. The number of alkyl carbamates (subject to hydrolysis) is 1. The Kier molecular flexibility index (Phi) is 5.67. The Balaban J connectivity index is 2.47. The largest absolute Gasteiger partial charge is 0.444 e. The van der Waals surface area contributed by atoms with Gasteiger partial charge in [0.25, 0.3) is 0 Å². The molecule has 0 aromatic carbocycles. The summed E-state index contributed by atoms with van der Waals surface area (Å²) >= 11 is 1.18. The molecule has 7 heteroatoms. The lowest BCUT2D eigenvalue weighted by molar-refractivity contribution is 0.0131. The van der Waals surface area contributed by atoms with Gasteiger partial charge in [-0.05, 0) is 37.8 Å². The molecule has 0 aliphatic rings. The van der Waals surface area contributed by atoms with Crippen LogP contribution in [0.1, 0.15) is 42.1 Å². The number of aliphatic hydroxyl groups is 2. The lowest BCUT2D eigenvalue weighted by Gasteiger charge is -2.21. The summed E-state index contributed by atoms with van der Waals surface area (Å²) in [5.41, 5.74) is -0.185. The van der Waals surface area contributed by atoms with Crippen LogP contribution in [-0.4, -0.2) is 40.8 Å². The fourth-order valence-corrected chi connectivity index (χ4v) is 2.16. The number of aliphatic hydroxyl groups excluding tert-OH is 2. The molecule has 0 aliphatic heterocycles. The van der Waals surface area contributed by atoms with E-state index < -0.39 is 23.9 Å². The Morgan fingerprint density at radius 2 is 2.15 bits per heavy atom. The number of ether oxygens (including phenoxy) is 1. The van der Waals surface area contributed by atoms with Gasteiger partial charge in [-0.1, -0.05) is 0 Å². The molecule has 0 saturated heterocycles. The van der Waals surface area contributed by atoms with Crippen molar-refractivity contribution in [3.05, 3.63) is 21.9 Å². The molecule has 1 aromatic heterocycles. The first kappa shape index (κ1) is 16.6. The summed E-state index contributed by atoms with van der Waals surface area (Å²) in [5.74, 6) is 0. The smallest absolute Gasteiger partial charge is 0.407 e. The fourth-order valence-electron chi connectivity index (χ4n) is 1.42. The molecule has 0 fully saturated rings. The second-order valence-corrected chi connectivity index (χ2v) is 6.24. The molecule has 0 spiro atoms. The van der Waals surface area contributed by atoms with Gasteiger partial charge < -0.3 is 20.3 Å². The summed E-state index contributed by atoms with van der Waals surface area (Å²) in [6.45, 7) is 5.03. The Hall–Kier alpha value is -1.44. The van der Waals surface area contributed by atoms with Crippen LogP contribution < -0.4 is 5.32 Å². The number of amides is 1. The highest BCUT2D eigenvalue weighted by Crippen LogP contribution is 2.22. The minimum Gasteiger partial charge on any atom is -0.444 e. The van der Waals surface area contributed by atoms with Gasteiger partial charge in [-0.25, -0.2) is 4.79 Å². The van der Waals surface area contributed by atoms with Crippen molar-refractivity contribution in [2.45, 2.75) is 38.6 Å². The zero-order valence-electron chi connectivity index (χ0n) is 11.6. The average molecular weight is 301 g/mol. The number of carbonyl (C=O) groups is 2. The van der Waals surface area contributed by atoms with Crippen LogP contribution in [-0.2, 0) is 4.74 Å². The van der Waals surface area contributed by atoms with Crippen molar-refractivity contribution in [1.29, 1.82) is 0 Å². The first-order valence-corrected chi connectivity index (χ1v) is 6.97. The summed E-state index contributed by atoms with van der Waals surface area (Å²) in [6, 6.07) is 1.50. The van der Waals surface area contributed by atoms with E-state index >= 15 is 0 Å². The van der Waals surface area contributed by atoms with E-state index in [0.29, 0.717) is 16.7 Å². The van der Waals surface area contributed by atoms with Gasteiger partial charge in [0.1, 0.15) is 17.8 Å². The van der Waals surface area contributed by atoms with Gasteiger partial charge in [0.2, 0.25) is 0 Å². The van der Waals surface area contributed by atoms with E-state index in [9.17, 15) is 19.8 Å². The second kappa shape index (κ2) is 6.83. The van der Waals surface area contributed by atoms with Gasteiger partial charge in [0, 0.05) is 6.54 Å². The number of rotatable bonds is 5. The van der Waals surface area contributed by atoms with E-state index in [1.165, 1.54) is 17.4 Å². The van der Waals surface area contributed by atoms with Crippen LogP contribution in [0.4, 0.5) is 4.79 Å².